The third kappa shape index (κ3) is 3.78. The van der Waals surface area contributed by atoms with E-state index in [4.69, 9.17) is 33.7 Å². The average Bonchev–Trinajstić information content (AvgIpc) is 2.87. The Morgan fingerprint density at radius 3 is 2.48 bits per heavy atom. The first kappa shape index (κ1) is 19.6. The molecule has 0 saturated heterocycles. The van der Waals surface area contributed by atoms with Crippen molar-refractivity contribution in [2.24, 2.45) is 12.8 Å². The van der Waals surface area contributed by atoms with Crippen LogP contribution in [-0.2, 0) is 11.8 Å². The molecule has 136 valence electrons. The molecule has 0 saturated carbocycles. The van der Waals surface area contributed by atoms with Gasteiger partial charge in [-0.05, 0) is 12.1 Å². The quantitative estimate of drug-likeness (QED) is 0.799. The standard InChI is InChI=1S/C16H17Cl2F2N3O2/c1-7(14(25-3)9-5-4-8(17)6-10(9)18)13-11(16(21)24)12(15(19)20)22-23(13)2/h4-7,14-15H,1-3H3,(H2,21,24)/t7-,14?/m1/s1. The Kier molecular flexibility index (Phi) is 6.03. The number of hydrogen-bond acceptors (Lipinski definition) is 3. The van der Waals surface area contributed by atoms with Crippen LogP contribution >= 0.6 is 23.2 Å². The highest BCUT2D eigenvalue weighted by molar-refractivity contribution is 6.35. The first-order chi connectivity index (χ1) is 11.7. The molecule has 0 aliphatic rings. The van der Waals surface area contributed by atoms with E-state index >= 15 is 0 Å². The number of benzene rings is 1. The molecule has 0 aliphatic carbocycles. The number of alkyl halides is 2. The molecule has 0 radical (unpaired) electrons. The fourth-order valence-electron chi connectivity index (χ4n) is 2.96. The van der Waals surface area contributed by atoms with E-state index in [9.17, 15) is 13.6 Å². The van der Waals surface area contributed by atoms with E-state index in [1.165, 1.54) is 18.8 Å². The number of hydrogen-bond donors (Lipinski definition) is 1. The van der Waals surface area contributed by atoms with Gasteiger partial charge in [0.25, 0.3) is 12.3 Å². The highest BCUT2D eigenvalue weighted by Gasteiger charge is 2.33. The smallest absolute Gasteiger partial charge is 0.282 e. The van der Waals surface area contributed by atoms with Crippen LogP contribution in [0.5, 0.6) is 0 Å². The number of aryl methyl sites for hydroxylation is 1. The van der Waals surface area contributed by atoms with Gasteiger partial charge in [-0.1, -0.05) is 36.2 Å². The third-order valence-electron chi connectivity index (χ3n) is 3.98. The zero-order chi connectivity index (χ0) is 18.9. The van der Waals surface area contributed by atoms with Crippen molar-refractivity contribution in [1.29, 1.82) is 0 Å². The predicted molar refractivity (Wildman–Crippen MR) is 91.3 cm³/mol. The van der Waals surface area contributed by atoms with E-state index in [0.717, 1.165) is 0 Å². The Balaban J connectivity index is 2.58. The Bertz CT molecular complexity index is 796. The lowest BCUT2D eigenvalue weighted by Crippen LogP contribution is -2.20. The van der Waals surface area contributed by atoms with Gasteiger partial charge >= 0.3 is 0 Å². The lowest BCUT2D eigenvalue weighted by Gasteiger charge is -2.25. The van der Waals surface area contributed by atoms with E-state index in [1.807, 2.05) is 0 Å². The monoisotopic (exact) mass is 391 g/mol. The van der Waals surface area contributed by atoms with Crippen LogP contribution in [0.1, 0.15) is 52.7 Å². The third-order valence-corrected chi connectivity index (χ3v) is 4.54. The van der Waals surface area contributed by atoms with E-state index in [-0.39, 0.29) is 11.3 Å². The summed E-state index contributed by atoms with van der Waals surface area (Å²) in [5, 5.41) is 4.57. The molecule has 1 heterocycles. The number of methoxy groups -OCH3 is 1. The van der Waals surface area contributed by atoms with Gasteiger partial charge in [-0.25, -0.2) is 8.78 Å². The Labute approximate surface area is 153 Å². The van der Waals surface area contributed by atoms with Crippen LogP contribution in [-0.4, -0.2) is 22.8 Å². The normalized spacial score (nSPS) is 13.9. The zero-order valence-corrected chi connectivity index (χ0v) is 15.3. The second-order valence-electron chi connectivity index (χ2n) is 5.54. The molecule has 9 heteroatoms. The van der Waals surface area contributed by atoms with Crippen LogP contribution in [0.2, 0.25) is 10.0 Å². The van der Waals surface area contributed by atoms with Crippen LogP contribution in [0.15, 0.2) is 18.2 Å². The molecule has 2 N–H and O–H groups in total. The van der Waals surface area contributed by atoms with Crippen LogP contribution in [0.25, 0.3) is 0 Å². The van der Waals surface area contributed by atoms with Crippen LogP contribution < -0.4 is 5.73 Å². The van der Waals surface area contributed by atoms with Gasteiger partial charge in [-0.2, -0.15) is 5.10 Å². The number of carbonyl (C=O) groups is 1. The second kappa shape index (κ2) is 7.68. The van der Waals surface area contributed by atoms with Gasteiger partial charge in [-0.15, -0.1) is 0 Å². The predicted octanol–water partition coefficient (Wildman–Crippen LogP) is 4.25. The Morgan fingerprint density at radius 1 is 1.36 bits per heavy atom. The molecule has 25 heavy (non-hydrogen) atoms. The van der Waals surface area contributed by atoms with E-state index in [0.29, 0.717) is 15.6 Å². The van der Waals surface area contributed by atoms with Crippen molar-refractivity contribution in [3.63, 3.8) is 0 Å². The van der Waals surface area contributed by atoms with Gasteiger partial charge in [-0.3, -0.25) is 9.48 Å². The largest absolute Gasteiger partial charge is 0.376 e. The fraction of sp³-hybridized carbons (Fsp3) is 0.375. The van der Waals surface area contributed by atoms with Crippen molar-refractivity contribution in [3.05, 3.63) is 50.8 Å². The van der Waals surface area contributed by atoms with Gasteiger partial charge in [0.15, 0.2) is 0 Å². The van der Waals surface area contributed by atoms with E-state index in [2.05, 4.69) is 5.10 Å². The number of aromatic nitrogens is 2. The number of carbonyl (C=O) groups excluding carboxylic acids is 1. The van der Waals surface area contributed by atoms with Crippen molar-refractivity contribution in [1.82, 2.24) is 9.78 Å². The van der Waals surface area contributed by atoms with Crippen molar-refractivity contribution in [2.75, 3.05) is 7.11 Å². The van der Waals surface area contributed by atoms with Gasteiger partial charge in [0.2, 0.25) is 0 Å². The van der Waals surface area contributed by atoms with Crippen molar-refractivity contribution >= 4 is 29.1 Å². The van der Waals surface area contributed by atoms with Crippen LogP contribution in [0, 0.1) is 0 Å². The van der Waals surface area contributed by atoms with Gasteiger partial charge in [0.05, 0.1) is 17.4 Å². The summed E-state index contributed by atoms with van der Waals surface area (Å²) in [5.41, 5.74) is 5.24. The molecule has 5 nitrogen and oxygen atoms in total. The Morgan fingerprint density at radius 2 is 2.00 bits per heavy atom. The summed E-state index contributed by atoms with van der Waals surface area (Å²) >= 11 is 12.1. The zero-order valence-electron chi connectivity index (χ0n) is 13.8. The lowest BCUT2D eigenvalue weighted by molar-refractivity contribution is 0.0805. The number of nitrogens with zero attached hydrogens (tertiary/aromatic N) is 2. The minimum absolute atomic E-state index is 0.251. The minimum Gasteiger partial charge on any atom is -0.376 e. The summed E-state index contributed by atoms with van der Waals surface area (Å²) in [6, 6.07) is 4.88. The summed E-state index contributed by atoms with van der Waals surface area (Å²) in [6.07, 6.45) is -3.54. The number of ether oxygens (including phenoxy) is 1. The first-order valence-corrected chi connectivity index (χ1v) is 8.07. The molecule has 2 atom stereocenters. The fourth-order valence-corrected chi connectivity index (χ4v) is 3.48. The SMILES string of the molecule is COC(c1ccc(Cl)cc1Cl)[C@H](C)c1c(C(N)=O)c(C(F)F)nn1C. The van der Waals surface area contributed by atoms with Crippen molar-refractivity contribution < 1.29 is 18.3 Å². The minimum atomic E-state index is -2.92. The topological polar surface area (TPSA) is 70.1 Å². The summed E-state index contributed by atoms with van der Waals surface area (Å²) < 4.78 is 33.2. The molecule has 1 amide bonds. The van der Waals surface area contributed by atoms with Gasteiger partial charge < -0.3 is 10.5 Å². The maximum Gasteiger partial charge on any atom is 0.282 e. The lowest BCUT2D eigenvalue weighted by atomic mass is 9.91. The van der Waals surface area contributed by atoms with E-state index < -0.39 is 30.0 Å². The second-order valence-corrected chi connectivity index (χ2v) is 6.39. The van der Waals surface area contributed by atoms with Gasteiger partial charge in [0.1, 0.15) is 5.69 Å². The molecule has 0 bridgehead atoms. The maximum absolute atomic E-state index is 13.2. The summed E-state index contributed by atoms with van der Waals surface area (Å²) in [6.45, 7) is 1.72. The maximum atomic E-state index is 13.2. The van der Waals surface area contributed by atoms with Crippen molar-refractivity contribution in [2.45, 2.75) is 25.4 Å². The highest BCUT2D eigenvalue weighted by atomic mass is 35.5. The number of halogens is 4. The molecule has 1 aromatic heterocycles. The van der Waals surface area contributed by atoms with Crippen LogP contribution in [0.4, 0.5) is 8.78 Å². The Hall–Kier alpha value is -1.70. The molecule has 2 rings (SSSR count). The summed E-state index contributed by atoms with van der Waals surface area (Å²) in [4.78, 5) is 11.8. The molecule has 1 aromatic carbocycles. The first-order valence-electron chi connectivity index (χ1n) is 7.31. The number of primary amides is 1. The number of nitrogens with two attached hydrogens (primary N) is 1. The average molecular weight is 392 g/mol. The molecule has 0 aliphatic heterocycles. The van der Waals surface area contributed by atoms with Gasteiger partial charge in [0, 0.05) is 35.7 Å². The molecule has 0 fully saturated rings. The molecular weight excluding hydrogens is 375 g/mol. The molecule has 1 unspecified atom stereocenters. The highest BCUT2D eigenvalue weighted by Crippen LogP contribution is 2.40. The van der Waals surface area contributed by atoms with Crippen molar-refractivity contribution in [3.8, 4) is 0 Å². The van der Waals surface area contributed by atoms with E-state index in [1.54, 1.807) is 25.1 Å². The summed E-state index contributed by atoms with van der Waals surface area (Å²) in [5.74, 6) is -1.50. The molecule has 0 spiro atoms. The molecular formula is C16H17Cl2F2N3O2. The number of amides is 1. The number of rotatable bonds is 6. The molecule has 2 aromatic rings. The van der Waals surface area contributed by atoms with Crippen LogP contribution in [0.3, 0.4) is 0 Å². The summed E-state index contributed by atoms with van der Waals surface area (Å²) in [7, 11) is 2.93.